The molecule has 0 spiro atoms. The van der Waals surface area contributed by atoms with Gasteiger partial charge in [-0.2, -0.15) is 0 Å². The molecular weight excluding hydrogens is 432 g/mol. The smallest absolute Gasteiger partial charge is 0.295 e. The number of ketones is 1. The fourth-order valence-corrected chi connectivity index (χ4v) is 4.40. The fourth-order valence-electron chi connectivity index (χ4n) is 4.40. The molecular formula is C27H30N2O5. The van der Waals surface area contributed by atoms with E-state index in [0.717, 1.165) is 31.6 Å². The number of carbonyl (C=O) groups excluding carboxylic acids is 2. The van der Waals surface area contributed by atoms with Crippen molar-refractivity contribution in [1.29, 1.82) is 0 Å². The van der Waals surface area contributed by atoms with Crippen molar-refractivity contribution in [1.82, 2.24) is 9.80 Å². The summed E-state index contributed by atoms with van der Waals surface area (Å²) < 4.78 is 10.9. The second-order valence-electron chi connectivity index (χ2n) is 8.33. The molecule has 7 nitrogen and oxygen atoms in total. The lowest BCUT2D eigenvalue weighted by atomic mass is 9.95. The quantitative estimate of drug-likeness (QED) is 0.266. The molecule has 0 bridgehead atoms. The van der Waals surface area contributed by atoms with Crippen LogP contribution in [0.3, 0.4) is 0 Å². The molecule has 2 heterocycles. The highest BCUT2D eigenvalue weighted by Crippen LogP contribution is 2.39. The number of rotatable bonds is 9. The van der Waals surface area contributed by atoms with E-state index in [1.807, 2.05) is 30.3 Å². The van der Waals surface area contributed by atoms with Gasteiger partial charge in [-0.25, -0.2) is 0 Å². The van der Waals surface area contributed by atoms with Crippen LogP contribution in [0.15, 0.2) is 72.8 Å². The molecule has 34 heavy (non-hydrogen) atoms. The number of Topliss-reactive ketones (excluding diaryl/α,β-unsaturated/α-hetero) is 1. The summed E-state index contributed by atoms with van der Waals surface area (Å²) in [4.78, 5) is 30.1. The average molecular weight is 463 g/mol. The Morgan fingerprint density at radius 2 is 1.76 bits per heavy atom. The van der Waals surface area contributed by atoms with Crippen LogP contribution in [0, 0.1) is 0 Å². The molecule has 7 heteroatoms. The van der Waals surface area contributed by atoms with Crippen molar-refractivity contribution in [3.8, 4) is 5.75 Å². The van der Waals surface area contributed by atoms with Crippen LogP contribution < -0.4 is 4.74 Å². The second kappa shape index (κ2) is 11.1. The Balaban J connectivity index is 1.61. The van der Waals surface area contributed by atoms with Crippen LogP contribution in [0.25, 0.3) is 5.76 Å². The number of hydrogen-bond acceptors (Lipinski definition) is 6. The topological polar surface area (TPSA) is 79.3 Å². The number of nitrogens with zero attached hydrogens (tertiary/aromatic N) is 2. The van der Waals surface area contributed by atoms with Gasteiger partial charge in [0.2, 0.25) is 0 Å². The zero-order valence-corrected chi connectivity index (χ0v) is 19.2. The van der Waals surface area contributed by atoms with Crippen LogP contribution in [0.1, 0.15) is 23.6 Å². The molecule has 2 saturated heterocycles. The van der Waals surface area contributed by atoms with Crippen LogP contribution in [0.2, 0.25) is 0 Å². The first-order valence-electron chi connectivity index (χ1n) is 11.6. The van der Waals surface area contributed by atoms with Crippen molar-refractivity contribution in [2.45, 2.75) is 12.5 Å². The van der Waals surface area contributed by atoms with E-state index in [-0.39, 0.29) is 11.3 Å². The Labute approximate surface area is 199 Å². The maximum atomic E-state index is 13.1. The first kappa shape index (κ1) is 23.7. The summed E-state index contributed by atoms with van der Waals surface area (Å²) in [5.41, 5.74) is 1.36. The summed E-state index contributed by atoms with van der Waals surface area (Å²) >= 11 is 0. The number of hydrogen-bond donors (Lipinski definition) is 1. The molecule has 178 valence electrons. The molecule has 2 aromatic rings. The van der Waals surface area contributed by atoms with E-state index in [1.165, 1.54) is 0 Å². The standard InChI is InChI=1S/C27H30N2O5/c1-2-17-34-22-11-9-21(10-12-22)25(30)23-24(20-7-4-3-5-8-20)29(27(32)26(23)31)14-6-13-28-15-18-33-19-16-28/h2-5,7-12,24,30H,1,6,13-19H2/b25-23+/t24-/m0/s1. The SMILES string of the molecule is C=CCOc1ccc(/C(O)=C2\C(=O)C(=O)N(CCCN3CCOCC3)[C@H]2c2ccccc2)cc1. The molecule has 2 fully saturated rings. The molecule has 1 amide bonds. The van der Waals surface area contributed by atoms with Crippen LogP contribution in [-0.4, -0.2) is 72.6 Å². The predicted molar refractivity (Wildman–Crippen MR) is 129 cm³/mol. The van der Waals surface area contributed by atoms with Crippen LogP contribution >= 0.6 is 0 Å². The Bertz CT molecular complexity index is 1040. The summed E-state index contributed by atoms with van der Waals surface area (Å²) in [5.74, 6) is -0.800. The first-order valence-corrected chi connectivity index (χ1v) is 11.6. The number of benzene rings is 2. The molecule has 0 aliphatic carbocycles. The summed E-state index contributed by atoms with van der Waals surface area (Å²) in [6.45, 7) is 8.40. The van der Waals surface area contributed by atoms with Crippen LogP contribution in [-0.2, 0) is 14.3 Å². The molecule has 1 atom stereocenters. The third kappa shape index (κ3) is 5.21. The van der Waals surface area contributed by atoms with Crippen LogP contribution in [0.5, 0.6) is 5.75 Å². The van der Waals surface area contributed by atoms with Gasteiger partial charge in [0.15, 0.2) is 0 Å². The average Bonchev–Trinajstić information content (AvgIpc) is 3.13. The van der Waals surface area contributed by atoms with Gasteiger partial charge in [0.1, 0.15) is 18.1 Å². The number of carbonyl (C=O) groups is 2. The van der Waals surface area contributed by atoms with Crippen molar-refractivity contribution in [2.24, 2.45) is 0 Å². The van der Waals surface area contributed by atoms with Crippen LogP contribution in [0.4, 0.5) is 0 Å². The predicted octanol–water partition coefficient (Wildman–Crippen LogP) is 3.40. The van der Waals surface area contributed by atoms with Gasteiger partial charge in [-0.3, -0.25) is 14.5 Å². The molecule has 2 aliphatic heterocycles. The lowest BCUT2D eigenvalue weighted by Gasteiger charge is -2.29. The van der Waals surface area contributed by atoms with Gasteiger partial charge in [-0.05, 0) is 36.2 Å². The number of morpholine rings is 1. The first-order chi connectivity index (χ1) is 16.6. The van der Waals surface area contributed by atoms with Gasteiger partial charge in [-0.15, -0.1) is 0 Å². The third-order valence-electron chi connectivity index (χ3n) is 6.13. The molecule has 4 rings (SSSR count). The Morgan fingerprint density at radius 1 is 1.06 bits per heavy atom. The van der Waals surface area contributed by atoms with E-state index in [2.05, 4.69) is 11.5 Å². The van der Waals surface area contributed by atoms with Crippen molar-refractivity contribution in [3.05, 3.63) is 84.0 Å². The minimum Gasteiger partial charge on any atom is -0.507 e. The normalized spacial score (nSPS) is 20.5. The maximum Gasteiger partial charge on any atom is 0.295 e. The maximum absolute atomic E-state index is 13.1. The Kier molecular flexibility index (Phi) is 7.77. The molecule has 2 aromatic carbocycles. The van der Waals surface area contributed by atoms with Gasteiger partial charge >= 0.3 is 0 Å². The van der Waals surface area contributed by atoms with Gasteiger partial charge in [0.25, 0.3) is 11.7 Å². The third-order valence-corrected chi connectivity index (χ3v) is 6.13. The largest absolute Gasteiger partial charge is 0.507 e. The fraction of sp³-hybridized carbons (Fsp3) is 0.333. The second-order valence-corrected chi connectivity index (χ2v) is 8.33. The summed E-state index contributed by atoms with van der Waals surface area (Å²) in [6, 6.07) is 15.5. The molecule has 0 unspecified atom stereocenters. The monoisotopic (exact) mass is 462 g/mol. The minimum atomic E-state index is -0.662. The van der Waals surface area contributed by atoms with E-state index in [1.54, 1.807) is 35.2 Å². The summed E-state index contributed by atoms with van der Waals surface area (Å²) in [6.07, 6.45) is 2.38. The highest BCUT2D eigenvalue weighted by molar-refractivity contribution is 6.46. The number of likely N-dealkylation sites (tertiary alicyclic amines) is 1. The van der Waals surface area contributed by atoms with Gasteiger partial charge < -0.3 is 19.5 Å². The van der Waals surface area contributed by atoms with E-state index < -0.39 is 17.7 Å². The number of aliphatic hydroxyl groups is 1. The Hall–Kier alpha value is -3.42. The van der Waals surface area contributed by atoms with Crippen molar-refractivity contribution >= 4 is 17.4 Å². The molecule has 0 saturated carbocycles. The highest BCUT2D eigenvalue weighted by Gasteiger charge is 2.45. The lowest BCUT2D eigenvalue weighted by molar-refractivity contribution is -0.140. The van der Waals surface area contributed by atoms with E-state index in [0.29, 0.717) is 37.7 Å². The summed E-state index contributed by atoms with van der Waals surface area (Å²) in [5, 5.41) is 11.2. The van der Waals surface area contributed by atoms with Gasteiger partial charge in [-0.1, -0.05) is 43.0 Å². The van der Waals surface area contributed by atoms with Crippen molar-refractivity contribution in [3.63, 3.8) is 0 Å². The van der Waals surface area contributed by atoms with Crippen molar-refractivity contribution < 1.29 is 24.2 Å². The van der Waals surface area contributed by atoms with E-state index in [9.17, 15) is 14.7 Å². The molecule has 0 aromatic heterocycles. The van der Waals surface area contributed by atoms with E-state index >= 15 is 0 Å². The summed E-state index contributed by atoms with van der Waals surface area (Å²) in [7, 11) is 0. The number of amides is 1. The zero-order chi connectivity index (χ0) is 23.9. The Morgan fingerprint density at radius 3 is 2.44 bits per heavy atom. The molecule has 1 N–H and O–H groups in total. The number of aliphatic hydroxyl groups excluding tert-OH is 1. The molecule has 0 radical (unpaired) electrons. The van der Waals surface area contributed by atoms with Crippen molar-refractivity contribution in [2.75, 3.05) is 46.0 Å². The lowest BCUT2D eigenvalue weighted by Crippen LogP contribution is -2.38. The highest BCUT2D eigenvalue weighted by atomic mass is 16.5. The number of ether oxygens (including phenoxy) is 2. The van der Waals surface area contributed by atoms with Gasteiger partial charge in [0.05, 0.1) is 24.8 Å². The minimum absolute atomic E-state index is 0.113. The molecule has 2 aliphatic rings. The van der Waals surface area contributed by atoms with Gasteiger partial charge in [0, 0.05) is 31.7 Å². The van der Waals surface area contributed by atoms with E-state index in [4.69, 9.17) is 9.47 Å². The zero-order valence-electron chi connectivity index (χ0n) is 19.2.